The van der Waals surface area contributed by atoms with Crippen molar-refractivity contribution in [2.24, 2.45) is 0 Å². The molecule has 2 aromatic carbocycles. The molecular formula is C22H24O3. The molecule has 3 nitrogen and oxygen atoms in total. The molecule has 0 saturated carbocycles. The molecule has 25 heavy (non-hydrogen) atoms. The predicted molar refractivity (Wildman–Crippen MR) is 99.8 cm³/mol. The molecule has 0 aromatic heterocycles. The monoisotopic (exact) mass is 336 g/mol. The summed E-state index contributed by atoms with van der Waals surface area (Å²) in [5.74, 6) is 0.734. The third kappa shape index (κ3) is 3.93. The van der Waals surface area contributed by atoms with Gasteiger partial charge in [-0.15, -0.1) is 0 Å². The molecule has 3 rings (SSSR count). The maximum absolute atomic E-state index is 12.1. The highest BCUT2D eigenvalue weighted by atomic mass is 16.6. The first-order valence-corrected chi connectivity index (χ1v) is 8.57. The Balaban J connectivity index is 1.96. The van der Waals surface area contributed by atoms with Crippen LogP contribution < -0.4 is 4.74 Å². The fourth-order valence-electron chi connectivity index (χ4n) is 3.12. The Labute approximate surface area is 149 Å². The van der Waals surface area contributed by atoms with Crippen LogP contribution in [0.4, 0.5) is 0 Å². The van der Waals surface area contributed by atoms with Gasteiger partial charge in [-0.1, -0.05) is 36.4 Å². The molecule has 3 heteroatoms. The fourth-order valence-corrected chi connectivity index (χ4v) is 3.12. The summed E-state index contributed by atoms with van der Waals surface area (Å²) in [5, 5.41) is 0. The highest BCUT2D eigenvalue weighted by Gasteiger charge is 2.28. The standard InChI is InChI=1S/C22H24O3/c1-15-10-12-19-21(17(15)11-13-20(23)25-22(2,3)4)18(14-24-19)16-8-6-5-7-9-16/h5-13,18H,14H2,1-4H3/b13-11+. The highest BCUT2D eigenvalue weighted by molar-refractivity contribution is 5.88. The summed E-state index contributed by atoms with van der Waals surface area (Å²) >= 11 is 0. The maximum Gasteiger partial charge on any atom is 0.331 e. The van der Waals surface area contributed by atoms with E-state index in [1.807, 2.05) is 57.2 Å². The zero-order valence-electron chi connectivity index (χ0n) is 15.2. The highest BCUT2D eigenvalue weighted by Crippen LogP contribution is 2.42. The number of ether oxygens (including phenoxy) is 2. The number of benzene rings is 2. The van der Waals surface area contributed by atoms with Crippen LogP contribution in [0.25, 0.3) is 6.08 Å². The van der Waals surface area contributed by atoms with Gasteiger partial charge in [0.15, 0.2) is 0 Å². The Morgan fingerprint density at radius 2 is 1.88 bits per heavy atom. The first-order valence-electron chi connectivity index (χ1n) is 8.57. The van der Waals surface area contributed by atoms with E-state index in [1.54, 1.807) is 0 Å². The van der Waals surface area contributed by atoms with Gasteiger partial charge in [-0.25, -0.2) is 4.79 Å². The van der Waals surface area contributed by atoms with Crippen LogP contribution in [0.15, 0.2) is 48.5 Å². The predicted octanol–water partition coefficient (Wildman–Crippen LogP) is 4.87. The van der Waals surface area contributed by atoms with Crippen LogP contribution in [0.5, 0.6) is 5.75 Å². The van der Waals surface area contributed by atoms with Crippen LogP contribution in [0.1, 0.15) is 48.9 Å². The van der Waals surface area contributed by atoms with Crippen molar-refractivity contribution in [3.63, 3.8) is 0 Å². The van der Waals surface area contributed by atoms with Crippen molar-refractivity contribution < 1.29 is 14.3 Å². The Morgan fingerprint density at radius 3 is 2.56 bits per heavy atom. The molecule has 2 aromatic rings. The first-order chi connectivity index (χ1) is 11.8. The summed E-state index contributed by atoms with van der Waals surface area (Å²) in [4.78, 5) is 12.1. The van der Waals surface area contributed by atoms with Gasteiger partial charge in [0, 0.05) is 17.6 Å². The molecule has 0 fully saturated rings. The Kier molecular flexibility index (Phi) is 4.67. The summed E-state index contributed by atoms with van der Waals surface area (Å²) in [6.07, 6.45) is 3.36. The second-order valence-corrected chi connectivity index (χ2v) is 7.35. The van der Waals surface area contributed by atoms with E-state index in [0.29, 0.717) is 6.61 Å². The van der Waals surface area contributed by atoms with Crippen molar-refractivity contribution in [3.8, 4) is 5.75 Å². The molecule has 0 amide bonds. The third-order valence-electron chi connectivity index (χ3n) is 4.21. The minimum absolute atomic E-state index is 0.175. The van der Waals surface area contributed by atoms with Gasteiger partial charge in [-0.2, -0.15) is 0 Å². The number of aryl methyl sites for hydroxylation is 1. The SMILES string of the molecule is Cc1ccc2c(c1/C=C/C(=O)OC(C)(C)C)C(c1ccccc1)CO2. The van der Waals surface area contributed by atoms with E-state index >= 15 is 0 Å². The number of carbonyl (C=O) groups excluding carboxylic acids is 1. The second-order valence-electron chi connectivity index (χ2n) is 7.35. The quantitative estimate of drug-likeness (QED) is 0.592. The lowest BCUT2D eigenvalue weighted by molar-refractivity contribution is -0.148. The molecule has 0 spiro atoms. The molecule has 1 aliphatic rings. The molecule has 0 saturated heterocycles. The lowest BCUT2D eigenvalue weighted by Gasteiger charge is -2.18. The maximum atomic E-state index is 12.1. The van der Waals surface area contributed by atoms with E-state index in [9.17, 15) is 4.79 Å². The van der Waals surface area contributed by atoms with Gasteiger partial charge in [-0.3, -0.25) is 0 Å². The van der Waals surface area contributed by atoms with Crippen molar-refractivity contribution in [2.45, 2.75) is 39.2 Å². The number of esters is 1. The first kappa shape index (κ1) is 17.3. The van der Waals surface area contributed by atoms with Crippen molar-refractivity contribution in [2.75, 3.05) is 6.61 Å². The zero-order chi connectivity index (χ0) is 18.0. The van der Waals surface area contributed by atoms with Gasteiger partial charge in [0.05, 0.1) is 6.61 Å². The van der Waals surface area contributed by atoms with Gasteiger partial charge in [0.25, 0.3) is 0 Å². The molecule has 0 bridgehead atoms. The van der Waals surface area contributed by atoms with Crippen molar-refractivity contribution in [3.05, 3.63) is 70.8 Å². The molecule has 1 unspecified atom stereocenters. The summed E-state index contributed by atoms with van der Waals surface area (Å²) < 4.78 is 11.3. The van der Waals surface area contributed by atoms with Gasteiger partial charge >= 0.3 is 5.97 Å². The van der Waals surface area contributed by atoms with E-state index in [0.717, 1.165) is 22.4 Å². The van der Waals surface area contributed by atoms with Gasteiger partial charge in [-0.05, 0) is 56.5 Å². The zero-order valence-corrected chi connectivity index (χ0v) is 15.2. The van der Waals surface area contributed by atoms with Crippen molar-refractivity contribution in [1.82, 2.24) is 0 Å². The largest absolute Gasteiger partial charge is 0.492 e. The molecule has 1 aliphatic heterocycles. The van der Waals surface area contributed by atoms with Crippen LogP contribution in [-0.4, -0.2) is 18.2 Å². The fraction of sp³-hybridized carbons (Fsp3) is 0.318. The van der Waals surface area contributed by atoms with Crippen LogP contribution in [0, 0.1) is 6.92 Å². The average Bonchev–Trinajstić information content (AvgIpc) is 2.97. The summed E-state index contributed by atoms with van der Waals surface area (Å²) in [6, 6.07) is 14.4. The molecule has 130 valence electrons. The Hall–Kier alpha value is -2.55. The molecule has 1 atom stereocenters. The topological polar surface area (TPSA) is 35.5 Å². The molecule has 0 radical (unpaired) electrons. The normalized spacial score (nSPS) is 16.6. The number of rotatable bonds is 3. The van der Waals surface area contributed by atoms with Crippen molar-refractivity contribution >= 4 is 12.0 Å². The Bertz CT molecular complexity index is 798. The number of hydrogen-bond donors (Lipinski definition) is 0. The lowest BCUT2D eigenvalue weighted by atomic mass is 9.87. The lowest BCUT2D eigenvalue weighted by Crippen LogP contribution is -2.22. The number of hydrogen-bond acceptors (Lipinski definition) is 3. The van der Waals surface area contributed by atoms with E-state index in [4.69, 9.17) is 9.47 Å². The van der Waals surface area contributed by atoms with E-state index in [2.05, 4.69) is 19.1 Å². The molecular weight excluding hydrogens is 312 g/mol. The summed E-state index contributed by atoms with van der Waals surface area (Å²) in [6.45, 7) is 8.27. The number of fused-ring (bicyclic) bond motifs is 1. The van der Waals surface area contributed by atoms with Crippen LogP contribution in [0.3, 0.4) is 0 Å². The third-order valence-corrected chi connectivity index (χ3v) is 4.21. The van der Waals surface area contributed by atoms with E-state index in [-0.39, 0.29) is 11.9 Å². The smallest absolute Gasteiger partial charge is 0.331 e. The Morgan fingerprint density at radius 1 is 1.16 bits per heavy atom. The van der Waals surface area contributed by atoms with Crippen molar-refractivity contribution in [1.29, 1.82) is 0 Å². The minimum atomic E-state index is -0.495. The van der Waals surface area contributed by atoms with Crippen LogP contribution in [0.2, 0.25) is 0 Å². The van der Waals surface area contributed by atoms with E-state index < -0.39 is 5.60 Å². The number of carbonyl (C=O) groups is 1. The second kappa shape index (κ2) is 6.75. The molecule has 0 N–H and O–H groups in total. The van der Waals surface area contributed by atoms with Gasteiger partial charge in [0.2, 0.25) is 0 Å². The molecule has 1 heterocycles. The van der Waals surface area contributed by atoms with Gasteiger partial charge < -0.3 is 9.47 Å². The van der Waals surface area contributed by atoms with E-state index in [1.165, 1.54) is 11.6 Å². The summed E-state index contributed by atoms with van der Waals surface area (Å²) in [5.41, 5.74) is 4.02. The summed E-state index contributed by atoms with van der Waals surface area (Å²) in [7, 11) is 0. The average molecular weight is 336 g/mol. The van der Waals surface area contributed by atoms with Crippen LogP contribution >= 0.6 is 0 Å². The van der Waals surface area contributed by atoms with Gasteiger partial charge in [0.1, 0.15) is 11.4 Å². The molecule has 0 aliphatic carbocycles. The minimum Gasteiger partial charge on any atom is -0.492 e. The van der Waals surface area contributed by atoms with Crippen LogP contribution in [-0.2, 0) is 9.53 Å².